The third-order valence-electron chi connectivity index (χ3n) is 5.64. The molecule has 1 fully saturated rings. The molecule has 4 nitrogen and oxygen atoms in total. The zero-order valence-electron chi connectivity index (χ0n) is 15.9. The van der Waals surface area contributed by atoms with Gasteiger partial charge in [-0.3, -0.25) is 4.68 Å². The quantitative estimate of drug-likeness (QED) is 0.431. The summed E-state index contributed by atoms with van der Waals surface area (Å²) in [5.41, 5.74) is -3.22. The number of carbonyl (C=O) groups excluding carboxylic acids is 1. The number of rotatable bonds is 3. The molecule has 0 unspecified atom stereocenters. The highest BCUT2D eigenvalue weighted by atomic mass is 19.4. The fraction of sp³-hybridized carbons (Fsp3) is 0.500. The van der Waals surface area contributed by atoms with Crippen LogP contribution in [0.3, 0.4) is 0 Å². The second kappa shape index (κ2) is 7.52. The van der Waals surface area contributed by atoms with E-state index in [1.807, 2.05) is 0 Å². The number of benzene rings is 1. The van der Waals surface area contributed by atoms with Crippen LogP contribution in [0.4, 0.5) is 30.7 Å². The first kappa shape index (κ1) is 21.6. The van der Waals surface area contributed by atoms with Crippen molar-refractivity contribution in [1.82, 2.24) is 9.78 Å². The Morgan fingerprint density at radius 3 is 2.29 bits per heavy atom. The normalized spacial score (nSPS) is 26.0. The highest BCUT2D eigenvalue weighted by Gasteiger charge is 2.55. The van der Waals surface area contributed by atoms with Gasteiger partial charge >= 0.3 is 12.1 Å². The molecule has 1 saturated carbocycles. The van der Waals surface area contributed by atoms with Crippen molar-refractivity contribution in [3.8, 4) is 0 Å². The van der Waals surface area contributed by atoms with Crippen molar-refractivity contribution < 1.29 is 40.3 Å². The van der Waals surface area contributed by atoms with E-state index in [1.54, 1.807) is 6.07 Å². The van der Waals surface area contributed by atoms with E-state index in [9.17, 15) is 35.5 Å². The SMILES string of the molecule is O=C(O[C@H]1c2c(C(F)(F)F)nn(C3CCC(F)(F)CC3)c2[C@@H](F)[C@H]1F)c1ccccc1. The van der Waals surface area contributed by atoms with Crippen molar-refractivity contribution in [2.24, 2.45) is 0 Å². The highest BCUT2D eigenvalue weighted by molar-refractivity contribution is 5.89. The smallest absolute Gasteiger partial charge is 0.435 e. The zero-order valence-corrected chi connectivity index (χ0v) is 15.9. The fourth-order valence-corrected chi connectivity index (χ4v) is 4.12. The van der Waals surface area contributed by atoms with Crippen molar-refractivity contribution in [3.63, 3.8) is 0 Å². The van der Waals surface area contributed by atoms with Crippen LogP contribution in [0.15, 0.2) is 30.3 Å². The number of hydrogen-bond donors (Lipinski definition) is 0. The molecule has 2 aliphatic rings. The third kappa shape index (κ3) is 3.89. The average molecular weight is 450 g/mol. The molecule has 0 spiro atoms. The van der Waals surface area contributed by atoms with Gasteiger partial charge in [0.2, 0.25) is 5.92 Å². The molecule has 0 saturated heterocycles. The molecule has 0 amide bonds. The first-order valence-corrected chi connectivity index (χ1v) is 9.61. The summed E-state index contributed by atoms with van der Waals surface area (Å²) in [4.78, 5) is 12.3. The number of esters is 1. The third-order valence-corrected chi connectivity index (χ3v) is 5.64. The van der Waals surface area contributed by atoms with Crippen LogP contribution in [0.2, 0.25) is 0 Å². The molecule has 1 aromatic heterocycles. The van der Waals surface area contributed by atoms with Crippen LogP contribution in [0.5, 0.6) is 0 Å². The molecule has 0 aliphatic heterocycles. The lowest BCUT2D eigenvalue weighted by atomic mass is 9.92. The molecule has 2 aromatic rings. The molecule has 0 bridgehead atoms. The minimum absolute atomic E-state index is 0.0472. The Bertz CT molecular complexity index is 964. The minimum atomic E-state index is -5.09. The van der Waals surface area contributed by atoms with Crippen LogP contribution < -0.4 is 0 Å². The van der Waals surface area contributed by atoms with Gasteiger partial charge in [-0.15, -0.1) is 0 Å². The summed E-state index contributed by atoms with van der Waals surface area (Å²) in [5, 5.41) is 3.44. The first-order valence-electron chi connectivity index (χ1n) is 9.61. The van der Waals surface area contributed by atoms with Crippen molar-refractivity contribution in [3.05, 3.63) is 52.8 Å². The van der Waals surface area contributed by atoms with Gasteiger partial charge in [0, 0.05) is 12.8 Å². The van der Waals surface area contributed by atoms with Gasteiger partial charge in [-0.25, -0.2) is 22.4 Å². The number of fused-ring (bicyclic) bond motifs is 1. The fourth-order valence-electron chi connectivity index (χ4n) is 4.12. The van der Waals surface area contributed by atoms with Crippen LogP contribution in [0.25, 0.3) is 0 Å². The molecule has 0 radical (unpaired) electrons. The summed E-state index contributed by atoms with van der Waals surface area (Å²) < 4.78 is 103. The van der Waals surface area contributed by atoms with E-state index in [0.29, 0.717) is 4.68 Å². The van der Waals surface area contributed by atoms with Crippen LogP contribution in [-0.2, 0) is 10.9 Å². The van der Waals surface area contributed by atoms with Gasteiger partial charge in [0.05, 0.1) is 22.9 Å². The van der Waals surface area contributed by atoms with Gasteiger partial charge in [0.15, 0.2) is 24.1 Å². The second-order valence-corrected chi connectivity index (χ2v) is 7.72. The Kier molecular flexibility index (Phi) is 5.25. The summed E-state index contributed by atoms with van der Waals surface area (Å²) in [6.45, 7) is 0. The summed E-state index contributed by atoms with van der Waals surface area (Å²) in [6.07, 6.45) is -14.1. The molecule has 1 heterocycles. The molecular weight excluding hydrogens is 433 g/mol. The van der Waals surface area contributed by atoms with Crippen molar-refractivity contribution in [2.75, 3.05) is 0 Å². The minimum Gasteiger partial charge on any atom is -0.450 e. The first-order chi connectivity index (χ1) is 14.5. The van der Waals surface area contributed by atoms with E-state index in [-0.39, 0.29) is 18.4 Å². The Morgan fingerprint density at radius 2 is 1.71 bits per heavy atom. The number of carbonyl (C=O) groups is 1. The van der Waals surface area contributed by atoms with Gasteiger partial charge in [-0.1, -0.05) is 18.2 Å². The maximum absolute atomic E-state index is 14.8. The lowest BCUT2D eigenvalue weighted by Gasteiger charge is -2.29. The Morgan fingerprint density at radius 1 is 1.10 bits per heavy atom. The van der Waals surface area contributed by atoms with Crippen LogP contribution in [-0.4, -0.2) is 27.8 Å². The molecule has 1 aromatic carbocycles. The van der Waals surface area contributed by atoms with Crippen molar-refractivity contribution >= 4 is 5.97 Å². The van der Waals surface area contributed by atoms with Crippen LogP contribution in [0, 0.1) is 0 Å². The molecule has 168 valence electrons. The number of ether oxygens (including phenoxy) is 1. The highest BCUT2D eigenvalue weighted by Crippen LogP contribution is 2.52. The lowest BCUT2D eigenvalue weighted by Crippen LogP contribution is -2.28. The molecule has 11 heteroatoms. The summed E-state index contributed by atoms with van der Waals surface area (Å²) in [7, 11) is 0. The zero-order chi connectivity index (χ0) is 22.6. The number of alkyl halides is 7. The topological polar surface area (TPSA) is 44.1 Å². The van der Waals surface area contributed by atoms with Crippen LogP contribution >= 0.6 is 0 Å². The maximum atomic E-state index is 14.8. The monoisotopic (exact) mass is 450 g/mol. The number of aromatic nitrogens is 2. The van der Waals surface area contributed by atoms with Crippen molar-refractivity contribution in [2.45, 2.75) is 62.3 Å². The maximum Gasteiger partial charge on any atom is 0.435 e. The Balaban J connectivity index is 1.73. The predicted octanol–water partition coefficient (Wildman–Crippen LogP) is 5.91. The van der Waals surface area contributed by atoms with E-state index >= 15 is 0 Å². The van der Waals surface area contributed by atoms with Gasteiger partial charge in [-0.05, 0) is 25.0 Å². The van der Waals surface area contributed by atoms with Gasteiger partial charge in [0.1, 0.15) is 0 Å². The van der Waals surface area contributed by atoms with E-state index in [2.05, 4.69) is 5.10 Å². The predicted molar refractivity (Wildman–Crippen MR) is 93.0 cm³/mol. The molecule has 0 N–H and O–H groups in total. The summed E-state index contributed by atoms with van der Waals surface area (Å²) in [5.74, 6) is -4.09. The van der Waals surface area contributed by atoms with E-state index in [4.69, 9.17) is 4.74 Å². The average Bonchev–Trinajstić information content (AvgIpc) is 3.21. The number of halogens is 7. The number of hydrogen-bond acceptors (Lipinski definition) is 3. The Labute approximate surface area is 172 Å². The second-order valence-electron chi connectivity index (χ2n) is 7.72. The van der Waals surface area contributed by atoms with E-state index < -0.39 is 72.4 Å². The summed E-state index contributed by atoms with van der Waals surface area (Å²) >= 11 is 0. The lowest BCUT2D eigenvalue weighted by molar-refractivity contribution is -0.143. The summed E-state index contributed by atoms with van der Waals surface area (Å²) in [6, 6.07) is 6.21. The largest absolute Gasteiger partial charge is 0.450 e. The van der Waals surface area contributed by atoms with Gasteiger partial charge < -0.3 is 4.74 Å². The molecule has 2 aliphatic carbocycles. The molecule has 4 rings (SSSR count). The number of nitrogens with zero attached hydrogens (tertiary/aromatic N) is 2. The van der Waals surface area contributed by atoms with E-state index in [1.165, 1.54) is 24.3 Å². The van der Waals surface area contributed by atoms with Crippen molar-refractivity contribution in [1.29, 1.82) is 0 Å². The Hall–Kier alpha value is -2.59. The van der Waals surface area contributed by atoms with Gasteiger partial charge in [-0.2, -0.15) is 18.3 Å². The van der Waals surface area contributed by atoms with E-state index in [0.717, 1.165) is 0 Å². The standard InChI is InChI=1S/C20H17F7N2O2/c21-13-14(22)16(31-18(30)10-4-2-1-3-5-10)12-15(13)29(28-17(12)20(25,26)27)11-6-8-19(23,24)9-7-11/h1-5,11,13-14,16H,6-9H2/t13-,14+,16-/m0/s1. The molecule has 3 atom stereocenters. The molecular formula is C20H17F7N2O2. The molecule has 31 heavy (non-hydrogen) atoms. The van der Waals surface area contributed by atoms with Gasteiger partial charge in [0.25, 0.3) is 0 Å². The van der Waals surface area contributed by atoms with Crippen LogP contribution in [0.1, 0.15) is 71.3 Å².